The van der Waals surface area contributed by atoms with Crippen LogP contribution < -0.4 is 9.47 Å². The number of hydrogen-bond acceptors (Lipinski definition) is 8. The lowest BCUT2D eigenvalue weighted by Crippen LogP contribution is -2.10. The van der Waals surface area contributed by atoms with Crippen LogP contribution in [0.25, 0.3) is 0 Å². The fourth-order valence-electron chi connectivity index (χ4n) is 6.14. The molecule has 2 aromatic carbocycles. The standard InChI is InChI=1S/C38H62O8S2/c1-4-6-8-10-12-14-16-20-33-22-23-36(45-24-18-26-47(39,40)41)30-34(33)29-35-31-37(46-25-19-27-48(42,43)44)28-32(3)38(35)21-17-15-13-11-9-7-5-2/h22-23,28,30-31H,4-21,24-27,29H2,1-3H3,(H,39,40,41)(H,42,43,44)/p-2. The van der Waals surface area contributed by atoms with Gasteiger partial charge in [0.25, 0.3) is 0 Å². The Morgan fingerprint density at radius 1 is 0.542 bits per heavy atom. The molecule has 0 unspecified atom stereocenters. The smallest absolute Gasteiger partial charge is 0.119 e. The van der Waals surface area contributed by atoms with Gasteiger partial charge in [0.1, 0.15) is 11.5 Å². The summed E-state index contributed by atoms with van der Waals surface area (Å²) in [7, 11) is -8.58. The first kappa shape index (κ1) is 42.0. The molecule has 0 aromatic heterocycles. The van der Waals surface area contributed by atoms with Crippen molar-refractivity contribution in [2.75, 3.05) is 24.7 Å². The summed E-state index contributed by atoms with van der Waals surface area (Å²) >= 11 is 0. The Morgan fingerprint density at radius 2 is 1.02 bits per heavy atom. The van der Waals surface area contributed by atoms with E-state index in [1.165, 1.54) is 88.2 Å². The molecule has 0 saturated heterocycles. The molecule has 48 heavy (non-hydrogen) atoms. The van der Waals surface area contributed by atoms with E-state index in [9.17, 15) is 25.9 Å². The van der Waals surface area contributed by atoms with E-state index in [1.54, 1.807) is 0 Å². The molecule has 10 heteroatoms. The van der Waals surface area contributed by atoms with Gasteiger partial charge in [-0.25, -0.2) is 16.8 Å². The van der Waals surface area contributed by atoms with Crippen molar-refractivity contribution in [2.45, 2.75) is 143 Å². The molecule has 0 aliphatic heterocycles. The molecule has 0 radical (unpaired) electrons. The van der Waals surface area contributed by atoms with Crippen molar-refractivity contribution < 1.29 is 35.4 Å². The zero-order chi connectivity index (χ0) is 35.3. The maximum atomic E-state index is 11.1. The van der Waals surface area contributed by atoms with Crippen LogP contribution in [0.15, 0.2) is 30.3 Å². The fourth-order valence-corrected chi connectivity index (χ4v) is 7.08. The van der Waals surface area contributed by atoms with E-state index in [2.05, 4.69) is 32.9 Å². The van der Waals surface area contributed by atoms with Gasteiger partial charge in [0, 0.05) is 11.5 Å². The van der Waals surface area contributed by atoms with E-state index in [0.29, 0.717) is 17.9 Å². The van der Waals surface area contributed by atoms with Gasteiger partial charge in [-0.3, -0.25) is 0 Å². The van der Waals surface area contributed by atoms with Gasteiger partial charge in [-0.1, -0.05) is 97.0 Å². The molecule has 2 rings (SSSR count). The molecule has 2 aromatic rings. The van der Waals surface area contributed by atoms with E-state index in [4.69, 9.17) is 9.47 Å². The van der Waals surface area contributed by atoms with Gasteiger partial charge in [0.05, 0.1) is 33.5 Å². The molecule has 0 bridgehead atoms. The number of unbranched alkanes of at least 4 members (excludes halogenated alkanes) is 12. The summed E-state index contributed by atoms with van der Waals surface area (Å²) in [5, 5.41) is 0. The van der Waals surface area contributed by atoms with Crippen LogP contribution in [0.1, 0.15) is 144 Å². The zero-order valence-electron chi connectivity index (χ0n) is 29.7. The van der Waals surface area contributed by atoms with Crippen molar-refractivity contribution in [3.8, 4) is 11.5 Å². The van der Waals surface area contributed by atoms with Crippen LogP contribution in [0.4, 0.5) is 0 Å². The Bertz CT molecular complexity index is 1400. The van der Waals surface area contributed by atoms with Crippen LogP contribution in [-0.4, -0.2) is 50.7 Å². The molecule has 0 atom stereocenters. The summed E-state index contributed by atoms with van der Waals surface area (Å²) in [6.07, 6.45) is 20.0. The predicted molar refractivity (Wildman–Crippen MR) is 193 cm³/mol. The number of aryl methyl sites for hydroxylation is 2. The molecular formula is C38H60O8S2-2. The highest BCUT2D eigenvalue weighted by molar-refractivity contribution is 7.85. The topological polar surface area (TPSA) is 133 Å². The Labute approximate surface area is 291 Å². The second-order valence-corrected chi connectivity index (χ2v) is 16.2. The highest BCUT2D eigenvalue weighted by Gasteiger charge is 2.14. The van der Waals surface area contributed by atoms with Gasteiger partial charge in [0.15, 0.2) is 0 Å². The third kappa shape index (κ3) is 19.2. The number of rotatable bonds is 28. The molecule has 0 fully saturated rings. The lowest BCUT2D eigenvalue weighted by Gasteiger charge is -2.19. The van der Waals surface area contributed by atoms with Crippen molar-refractivity contribution in [3.05, 3.63) is 58.1 Å². The molecule has 0 N–H and O–H groups in total. The van der Waals surface area contributed by atoms with Crippen LogP contribution in [0.5, 0.6) is 11.5 Å². The van der Waals surface area contributed by atoms with E-state index < -0.39 is 31.7 Å². The lowest BCUT2D eigenvalue weighted by molar-refractivity contribution is 0.315. The van der Waals surface area contributed by atoms with Gasteiger partial charge in [-0.05, 0) is 104 Å². The number of ether oxygens (including phenoxy) is 2. The van der Waals surface area contributed by atoms with Crippen LogP contribution >= 0.6 is 0 Å². The molecule has 0 aliphatic rings. The van der Waals surface area contributed by atoms with Gasteiger partial charge >= 0.3 is 0 Å². The molecular weight excluding hydrogens is 649 g/mol. The summed E-state index contributed by atoms with van der Waals surface area (Å²) < 4.78 is 78.2. The minimum atomic E-state index is -4.29. The summed E-state index contributed by atoms with van der Waals surface area (Å²) in [6.45, 7) is 6.84. The van der Waals surface area contributed by atoms with Crippen molar-refractivity contribution in [3.63, 3.8) is 0 Å². The highest BCUT2D eigenvalue weighted by Crippen LogP contribution is 2.30. The molecule has 0 aliphatic carbocycles. The van der Waals surface area contributed by atoms with Crippen LogP contribution in [-0.2, 0) is 39.5 Å². The minimum absolute atomic E-state index is 0.135. The van der Waals surface area contributed by atoms with E-state index in [-0.39, 0.29) is 26.1 Å². The van der Waals surface area contributed by atoms with E-state index in [0.717, 1.165) is 42.4 Å². The molecule has 0 amide bonds. The lowest BCUT2D eigenvalue weighted by atomic mass is 9.89. The summed E-state index contributed by atoms with van der Waals surface area (Å²) in [5.74, 6) is 0.400. The van der Waals surface area contributed by atoms with Gasteiger partial charge in [-0.15, -0.1) is 0 Å². The van der Waals surface area contributed by atoms with E-state index in [1.807, 2.05) is 18.2 Å². The maximum absolute atomic E-state index is 11.1. The first-order valence-electron chi connectivity index (χ1n) is 18.3. The minimum Gasteiger partial charge on any atom is -0.748 e. The van der Waals surface area contributed by atoms with Crippen LogP contribution in [0.3, 0.4) is 0 Å². The van der Waals surface area contributed by atoms with Gasteiger partial charge in [0.2, 0.25) is 0 Å². The quantitative estimate of drug-likeness (QED) is 0.0633. The first-order valence-corrected chi connectivity index (χ1v) is 21.4. The third-order valence-electron chi connectivity index (χ3n) is 8.79. The summed E-state index contributed by atoms with van der Waals surface area (Å²) in [5.41, 5.74) is 5.98. The van der Waals surface area contributed by atoms with Gasteiger partial charge in [-0.2, -0.15) is 0 Å². The number of hydrogen-bond donors (Lipinski definition) is 0. The molecule has 0 spiro atoms. The fraction of sp³-hybridized carbons (Fsp3) is 0.684. The Morgan fingerprint density at radius 3 is 1.56 bits per heavy atom. The van der Waals surface area contributed by atoms with Crippen molar-refractivity contribution in [2.24, 2.45) is 0 Å². The zero-order valence-corrected chi connectivity index (χ0v) is 31.4. The molecule has 0 saturated carbocycles. The van der Waals surface area contributed by atoms with Crippen molar-refractivity contribution >= 4 is 20.2 Å². The SMILES string of the molecule is CCCCCCCCCc1ccc(OCCCS(=O)(=O)[O-])cc1Cc1cc(OCCCS(=O)(=O)[O-])cc(C)c1CCCCCCCCC. The third-order valence-corrected chi connectivity index (χ3v) is 10.4. The monoisotopic (exact) mass is 708 g/mol. The number of benzene rings is 2. The highest BCUT2D eigenvalue weighted by atomic mass is 32.2. The predicted octanol–water partition coefficient (Wildman–Crippen LogP) is 8.80. The Balaban J connectivity index is 2.29. The van der Waals surface area contributed by atoms with Crippen LogP contribution in [0, 0.1) is 6.92 Å². The normalized spacial score (nSPS) is 12.0. The average molecular weight is 709 g/mol. The van der Waals surface area contributed by atoms with Crippen molar-refractivity contribution in [1.82, 2.24) is 0 Å². The molecule has 8 nitrogen and oxygen atoms in total. The first-order chi connectivity index (χ1) is 22.9. The Hall–Kier alpha value is -2.14. The van der Waals surface area contributed by atoms with Crippen molar-refractivity contribution in [1.29, 1.82) is 0 Å². The second kappa shape index (κ2) is 23.3. The second-order valence-electron chi connectivity index (χ2n) is 13.2. The molecule has 274 valence electrons. The average Bonchev–Trinajstić information content (AvgIpc) is 3.01. The van der Waals surface area contributed by atoms with Crippen LogP contribution in [0.2, 0.25) is 0 Å². The van der Waals surface area contributed by atoms with E-state index >= 15 is 0 Å². The maximum Gasteiger partial charge on any atom is 0.119 e. The molecule has 0 heterocycles. The van der Waals surface area contributed by atoms with Gasteiger partial charge < -0.3 is 18.6 Å². The summed E-state index contributed by atoms with van der Waals surface area (Å²) in [6, 6.07) is 10.1. The summed E-state index contributed by atoms with van der Waals surface area (Å²) in [4.78, 5) is 0. The largest absolute Gasteiger partial charge is 0.748 e. The Kier molecular flexibility index (Phi) is 20.4.